The first-order valence-corrected chi connectivity index (χ1v) is 24.3. The summed E-state index contributed by atoms with van der Waals surface area (Å²) in [5, 5.41) is 0. The fourth-order valence-electron chi connectivity index (χ4n) is 6.67. The van der Waals surface area contributed by atoms with Crippen LogP contribution in [0.3, 0.4) is 0 Å². The highest BCUT2D eigenvalue weighted by molar-refractivity contribution is 5.71. The fraction of sp³-hybridized carbons (Fsp3) is 0.750. The van der Waals surface area contributed by atoms with Crippen molar-refractivity contribution in [3.63, 3.8) is 0 Å². The predicted octanol–water partition coefficient (Wildman–Crippen LogP) is 15.7. The summed E-state index contributed by atoms with van der Waals surface area (Å²) in [6.45, 7) is 6.37. The molecule has 0 aromatic carbocycles. The van der Waals surface area contributed by atoms with Crippen LogP contribution in [0.4, 0.5) is 0 Å². The second-order valence-electron chi connectivity index (χ2n) is 16.0. The topological polar surface area (TPSA) is 78.9 Å². The van der Waals surface area contributed by atoms with Crippen molar-refractivity contribution in [1.82, 2.24) is 0 Å². The van der Waals surface area contributed by atoms with E-state index in [1.165, 1.54) is 83.5 Å². The summed E-state index contributed by atoms with van der Waals surface area (Å²) in [6, 6.07) is 0. The van der Waals surface area contributed by atoms with Crippen molar-refractivity contribution in [2.45, 2.75) is 239 Å². The molecule has 0 aliphatic carbocycles. The molecular formula is C52H90O6. The molecule has 58 heavy (non-hydrogen) atoms. The third kappa shape index (κ3) is 44.2. The van der Waals surface area contributed by atoms with Gasteiger partial charge in [-0.25, -0.2) is 0 Å². The van der Waals surface area contributed by atoms with Crippen molar-refractivity contribution in [1.29, 1.82) is 0 Å². The minimum Gasteiger partial charge on any atom is -0.462 e. The third-order valence-electron chi connectivity index (χ3n) is 10.3. The lowest BCUT2D eigenvalue weighted by molar-refractivity contribution is -0.167. The van der Waals surface area contributed by atoms with Gasteiger partial charge in [-0.1, -0.05) is 197 Å². The molecule has 334 valence electrons. The SMILES string of the molecule is CC/C=C\C/C=C\C/C=C\CCCCC(=O)OC(COC(=O)CCCCCCC/C=C\C/C=C\CC)COC(=O)CCCCCCCCCCCCCCCCCC. The molecule has 0 aromatic heterocycles. The maximum Gasteiger partial charge on any atom is 0.306 e. The van der Waals surface area contributed by atoms with Gasteiger partial charge < -0.3 is 14.2 Å². The highest BCUT2D eigenvalue weighted by Gasteiger charge is 2.19. The van der Waals surface area contributed by atoms with Crippen LogP contribution in [0, 0.1) is 0 Å². The molecule has 6 heteroatoms. The Morgan fingerprint density at radius 1 is 0.362 bits per heavy atom. The summed E-state index contributed by atoms with van der Waals surface area (Å²) in [5.74, 6) is -0.947. The second-order valence-corrected chi connectivity index (χ2v) is 16.0. The number of ether oxygens (including phenoxy) is 3. The van der Waals surface area contributed by atoms with Crippen LogP contribution < -0.4 is 0 Å². The lowest BCUT2D eigenvalue weighted by Gasteiger charge is -2.18. The Kier molecular flexibility index (Phi) is 44.5. The van der Waals surface area contributed by atoms with Gasteiger partial charge in [0.2, 0.25) is 0 Å². The molecule has 0 bridgehead atoms. The van der Waals surface area contributed by atoms with Gasteiger partial charge in [0.05, 0.1) is 0 Å². The normalized spacial score (nSPS) is 12.5. The second kappa shape index (κ2) is 46.8. The van der Waals surface area contributed by atoms with Gasteiger partial charge in [-0.2, -0.15) is 0 Å². The Hall–Kier alpha value is -2.89. The monoisotopic (exact) mass is 811 g/mol. The van der Waals surface area contributed by atoms with E-state index in [2.05, 4.69) is 81.5 Å². The average Bonchev–Trinajstić information content (AvgIpc) is 3.22. The van der Waals surface area contributed by atoms with Gasteiger partial charge in [-0.05, 0) is 77.0 Å². The van der Waals surface area contributed by atoms with Crippen molar-refractivity contribution in [3.05, 3.63) is 60.8 Å². The van der Waals surface area contributed by atoms with Gasteiger partial charge in [0, 0.05) is 19.3 Å². The smallest absolute Gasteiger partial charge is 0.306 e. The molecular weight excluding hydrogens is 721 g/mol. The standard InChI is InChI=1S/C52H90O6/c1-4-7-10-13-16-19-22-25-26-27-28-31-33-36-39-42-45-51(54)57-48-49(58-52(55)46-43-40-37-34-30-24-21-18-15-12-9-6-3)47-56-50(53)44-41-38-35-32-29-23-20-17-14-11-8-5-2/h8-9,11-12,17-18,20-21,30,34,49H,4-7,10,13-16,19,22-29,31-33,35-48H2,1-3H3/b11-8-,12-9-,20-17-,21-18-,34-30-. The van der Waals surface area contributed by atoms with Crippen LogP contribution in [-0.2, 0) is 28.6 Å². The van der Waals surface area contributed by atoms with E-state index in [0.29, 0.717) is 19.3 Å². The Labute approximate surface area is 358 Å². The summed E-state index contributed by atoms with van der Waals surface area (Å²) in [5.41, 5.74) is 0. The number of unbranched alkanes of at least 4 members (excludes halogenated alkanes) is 22. The molecule has 0 rings (SSSR count). The van der Waals surface area contributed by atoms with Gasteiger partial charge in [0.25, 0.3) is 0 Å². The predicted molar refractivity (Wildman–Crippen MR) is 247 cm³/mol. The fourth-order valence-corrected chi connectivity index (χ4v) is 6.67. The first kappa shape index (κ1) is 55.1. The maximum atomic E-state index is 12.7. The van der Waals surface area contributed by atoms with E-state index in [0.717, 1.165) is 103 Å². The lowest BCUT2D eigenvalue weighted by Crippen LogP contribution is -2.30. The van der Waals surface area contributed by atoms with Gasteiger partial charge in [0.15, 0.2) is 6.10 Å². The van der Waals surface area contributed by atoms with Crippen molar-refractivity contribution in [2.24, 2.45) is 0 Å². The number of rotatable bonds is 43. The van der Waals surface area contributed by atoms with Crippen LogP contribution in [0.25, 0.3) is 0 Å². The molecule has 0 saturated carbocycles. The van der Waals surface area contributed by atoms with Crippen LogP contribution in [0.15, 0.2) is 60.8 Å². The third-order valence-corrected chi connectivity index (χ3v) is 10.3. The summed E-state index contributed by atoms with van der Waals surface area (Å²) < 4.78 is 16.7. The highest BCUT2D eigenvalue weighted by Crippen LogP contribution is 2.15. The van der Waals surface area contributed by atoms with Crippen LogP contribution in [-0.4, -0.2) is 37.2 Å². The Balaban J connectivity index is 4.40. The van der Waals surface area contributed by atoms with E-state index in [4.69, 9.17) is 14.2 Å². The summed E-state index contributed by atoms with van der Waals surface area (Å²) in [7, 11) is 0. The molecule has 0 spiro atoms. The molecule has 0 heterocycles. The molecule has 0 fully saturated rings. The molecule has 1 atom stereocenters. The van der Waals surface area contributed by atoms with Crippen molar-refractivity contribution in [3.8, 4) is 0 Å². The molecule has 0 amide bonds. The van der Waals surface area contributed by atoms with Crippen LogP contribution in [0.1, 0.15) is 233 Å². The Morgan fingerprint density at radius 3 is 1.09 bits per heavy atom. The summed E-state index contributed by atoms with van der Waals surface area (Å²) in [6.07, 6.45) is 56.4. The number of esters is 3. The lowest BCUT2D eigenvalue weighted by atomic mass is 10.0. The van der Waals surface area contributed by atoms with Crippen LogP contribution in [0.2, 0.25) is 0 Å². The average molecular weight is 811 g/mol. The van der Waals surface area contributed by atoms with E-state index in [1.54, 1.807) is 0 Å². The zero-order valence-corrected chi connectivity index (χ0v) is 38.0. The van der Waals surface area contributed by atoms with E-state index in [9.17, 15) is 14.4 Å². The van der Waals surface area contributed by atoms with Gasteiger partial charge in [-0.15, -0.1) is 0 Å². The molecule has 0 radical (unpaired) electrons. The minimum atomic E-state index is -0.796. The van der Waals surface area contributed by atoms with Crippen LogP contribution in [0.5, 0.6) is 0 Å². The van der Waals surface area contributed by atoms with Gasteiger partial charge in [0.1, 0.15) is 13.2 Å². The van der Waals surface area contributed by atoms with E-state index in [-0.39, 0.29) is 37.5 Å². The Morgan fingerprint density at radius 2 is 0.672 bits per heavy atom. The number of hydrogen-bond acceptors (Lipinski definition) is 6. The first-order valence-electron chi connectivity index (χ1n) is 24.3. The largest absolute Gasteiger partial charge is 0.462 e. The van der Waals surface area contributed by atoms with Gasteiger partial charge >= 0.3 is 17.9 Å². The molecule has 0 N–H and O–H groups in total. The molecule has 1 unspecified atom stereocenters. The first-order chi connectivity index (χ1) is 28.5. The Bertz CT molecular complexity index is 1070. The van der Waals surface area contributed by atoms with Crippen LogP contribution >= 0.6 is 0 Å². The summed E-state index contributed by atoms with van der Waals surface area (Å²) >= 11 is 0. The number of carbonyl (C=O) groups excluding carboxylic acids is 3. The van der Waals surface area contributed by atoms with Crippen molar-refractivity contribution >= 4 is 17.9 Å². The van der Waals surface area contributed by atoms with E-state index in [1.807, 2.05) is 0 Å². The molecule has 0 aliphatic heterocycles. The minimum absolute atomic E-state index is 0.0927. The number of allylic oxidation sites excluding steroid dienone is 10. The molecule has 0 aromatic rings. The molecule has 6 nitrogen and oxygen atoms in total. The quantitative estimate of drug-likeness (QED) is 0.0264. The maximum absolute atomic E-state index is 12.7. The zero-order chi connectivity index (χ0) is 42.3. The van der Waals surface area contributed by atoms with E-state index < -0.39 is 6.10 Å². The summed E-state index contributed by atoms with van der Waals surface area (Å²) in [4.78, 5) is 37.8. The van der Waals surface area contributed by atoms with Gasteiger partial charge in [-0.3, -0.25) is 14.4 Å². The zero-order valence-electron chi connectivity index (χ0n) is 38.0. The molecule has 0 saturated heterocycles. The highest BCUT2D eigenvalue weighted by atomic mass is 16.6. The number of carbonyl (C=O) groups is 3. The van der Waals surface area contributed by atoms with Crippen molar-refractivity contribution < 1.29 is 28.6 Å². The number of hydrogen-bond donors (Lipinski definition) is 0. The van der Waals surface area contributed by atoms with Crippen molar-refractivity contribution in [2.75, 3.05) is 13.2 Å². The molecule has 0 aliphatic rings. The van der Waals surface area contributed by atoms with E-state index >= 15 is 0 Å².